The summed E-state index contributed by atoms with van der Waals surface area (Å²) in [6.07, 6.45) is -5.55. The van der Waals surface area contributed by atoms with Crippen molar-refractivity contribution in [3.8, 4) is 0 Å². The highest BCUT2D eigenvalue weighted by atomic mass is 19.4. The topological polar surface area (TPSA) is 61.3 Å². The van der Waals surface area contributed by atoms with Crippen molar-refractivity contribution in [3.05, 3.63) is 0 Å². The number of halogens is 7. The van der Waals surface area contributed by atoms with Gasteiger partial charge in [0.25, 0.3) is 0 Å². The minimum Gasteiger partial charge on any atom is -0.330 e. The second kappa shape index (κ2) is 5.80. The first-order valence-electron chi connectivity index (χ1n) is 5.12. The molecule has 0 aromatic rings. The van der Waals surface area contributed by atoms with Crippen molar-refractivity contribution in [1.82, 2.24) is 0 Å². The van der Waals surface area contributed by atoms with Crippen LogP contribution in [0.2, 0.25) is 0 Å². The van der Waals surface area contributed by atoms with E-state index in [1.165, 1.54) is 6.92 Å². The zero-order chi connectivity index (χ0) is 15.5. The zero-order valence-corrected chi connectivity index (χ0v) is 10.0. The minimum absolute atomic E-state index is 0.287. The summed E-state index contributed by atoms with van der Waals surface area (Å²) >= 11 is 0. The molecule has 10 heteroatoms. The maximum absolute atomic E-state index is 13.0. The largest absolute Gasteiger partial charge is 0.425 e. The van der Waals surface area contributed by atoms with Gasteiger partial charge < -0.3 is 16.2 Å². The van der Waals surface area contributed by atoms with Crippen LogP contribution in [0.3, 0.4) is 0 Å². The van der Waals surface area contributed by atoms with Crippen LogP contribution in [0.5, 0.6) is 0 Å². The van der Waals surface area contributed by atoms with E-state index in [2.05, 4.69) is 4.74 Å². The van der Waals surface area contributed by atoms with Crippen molar-refractivity contribution >= 4 is 0 Å². The Morgan fingerprint density at radius 2 is 1.37 bits per heavy atom. The predicted molar refractivity (Wildman–Crippen MR) is 53.0 cm³/mol. The molecule has 19 heavy (non-hydrogen) atoms. The van der Waals surface area contributed by atoms with Gasteiger partial charge >= 0.3 is 18.0 Å². The highest BCUT2D eigenvalue weighted by molar-refractivity contribution is 4.92. The molecule has 0 atom stereocenters. The van der Waals surface area contributed by atoms with Crippen LogP contribution in [-0.4, -0.2) is 44.3 Å². The molecule has 116 valence electrons. The fourth-order valence-corrected chi connectivity index (χ4v) is 0.854. The first kappa shape index (κ1) is 18.4. The van der Waals surface area contributed by atoms with Crippen LogP contribution in [0.15, 0.2) is 0 Å². The van der Waals surface area contributed by atoms with Gasteiger partial charge in [-0.1, -0.05) is 6.92 Å². The van der Waals surface area contributed by atoms with Gasteiger partial charge in [-0.2, -0.15) is 26.3 Å². The van der Waals surface area contributed by atoms with E-state index < -0.39 is 36.7 Å². The second-order valence-corrected chi connectivity index (χ2v) is 4.44. The maximum atomic E-state index is 13.0. The van der Waals surface area contributed by atoms with Crippen LogP contribution in [0.4, 0.5) is 30.7 Å². The third-order valence-corrected chi connectivity index (χ3v) is 2.58. The van der Waals surface area contributed by atoms with Crippen molar-refractivity contribution in [1.29, 1.82) is 0 Å². The lowest BCUT2D eigenvalue weighted by atomic mass is 9.92. The molecule has 0 aromatic carbocycles. The van der Waals surface area contributed by atoms with Crippen molar-refractivity contribution in [2.45, 2.75) is 24.9 Å². The van der Waals surface area contributed by atoms with Crippen LogP contribution in [-0.2, 0) is 4.74 Å². The van der Waals surface area contributed by atoms with Gasteiger partial charge in [0.05, 0.1) is 6.61 Å². The van der Waals surface area contributed by atoms with E-state index in [0.29, 0.717) is 0 Å². The highest BCUT2D eigenvalue weighted by Gasteiger charge is 2.73. The van der Waals surface area contributed by atoms with E-state index >= 15 is 0 Å². The lowest BCUT2D eigenvalue weighted by Crippen LogP contribution is -2.57. The molecule has 0 amide bonds. The van der Waals surface area contributed by atoms with Crippen LogP contribution in [0.25, 0.3) is 0 Å². The summed E-state index contributed by atoms with van der Waals surface area (Å²) in [5, 5.41) is 0. The molecule has 0 fully saturated rings. The average Bonchev–Trinajstić information content (AvgIpc) is 2.35. The first-order valence-corrected chi connectivity index (χ1v) is 5.12. The van der Waals surface area contributed by atoms with Crippen LogP contribution in [0, 0.1) is 5.41 Å². The Morgan fingerprint density at radius 3 is 1.68 bits per heavy atom. The molecular weight excluding hydrogens is 285 g/mol. The molecular formula is C9H15F7N2O. The van der Waals surface area contributed by atoms with Crippen molar-refractivity contribution < 1.29 is 35.5 Å². The molecule has 0 aliphatic carbocycles. The number of nitrogens with two attached hydrogens (primary N) is 2. The van der Waals surface area contributed by atoms with E-state index in [4.69, 9.17) is 11.5 Å². The van der Waals surface area contributed by atoms with Crippen molar-refractivity contribution in [3.63, 3.8) is 0 Å². The average molecular weight is 300 g/mol. The summed E-state index contributed by atoms with van der Waals surface area (Å²) in [7, 11) is 0. The fraction of sp³-hybridized carbons (Fsp3) is 1.00. The molecule has 4 N–H and O–H groups in total. The molecule has 0 saturated heterocycles. The zero-order valence-electron chi connectivity index (χ0n) is 10.0. The Kier molecular flexibility index (Phi) is 5.61. The molecule has 0 unspecified atom stereocenters. The lowest BCUT2D eigenvalue weighted by Gasteiger charge is -2.34. The monoisotopic (exact) mass is 300 g/mol. The van der Waals surface area contributed by atoms with Crippen LogP contribution >= 0.6 is 0 Å². The SMILES string of the molecule is CC(CN)(CN)COC(F)(F)C(F)(F)C(F)(F)CF. The summed E-state index contributed by atoms with van der Waals surface area (Å²) in [6, 6.07) is 0. The van der Waals surface area contributed by atoms with Gasteiger partial charge in [-0.25, -0.2) is 4.39 Å². The molecule has 0 spiro atoms. The van der Waals surface area contributed by atoms with E-state index in [1.54, 1.807) is 0 Å². The summed E-state index contributed by atoms with van der Waals surface area (Å²) < 4.78 is 91.9. The van der Waals surface area contributed by atoms with E-state index in [0.717, 1.165) is 0 Å². The summed E-state index contributed by atoms with van der Waals surface area (Å²) in [5.74, 6) is -11.5. The third-order valence-electron chi connectivity index (χ3n) is 2.58. The van der Waals surface area contributed by atoms with Gasteiger partial charge in [0, 0.05) is 18.5 Å². The second-order valence-electron chi connectivity index (χ2n) is 4.44. The minimum atomic E-state index is -5.99. The summed E-state index contributed by atoms with van der Waals surface area (Å²) in [6.45, 7) is -3.35. The normalized spacial score (nSPS) is 14.8. The molecule has 0 saturated carbocycles. The van der Waals surface area contributed by atoms with Gasteiger partial charge in [-0.15, -0.1) is 0 Å². The van der Waals surface area contributed by atoms with E-state index in [-0.39, 0.29) is 13.1 Å². The van der Waals surface area contributed by atoms with Gasteiger partial charge in [0.2, 0.25) is 0 Å². The number of alkyl halides is 7. The predicted octanol–water partition coefficient (Wildman–Crippen LogP) is 1.76. The Labute approximate surface area is 105 Å². The van der Waals surface area contributed by atoms with Gasteiger partial charge in [-0.05, 0) is 0 Å². The van der Waals surface area contributed by atoms with Gasteiger partial charge in [0.1, 0.15) is 0 Å². The maximum Gasteiger partial charge on any atom is 0.425 e. The first-order chi connectivity index (χ1) is 8.39. The lowest BCUT2D eigenvalue weighted by molar-refractivity contribution is -0.403. The molecule has 3 nitrogen and oxygen atoms in total. The fourth-order valence-electron chi connectivity index (χ4n) is 0.854. The van der Waals surface area contributed by atoms with Crippen molar-refractivity contribution in [2.75, 3.05) is 26.4 Å². The Morgan fingerprint density at radius 1 is 0.947 bits per heavy atom. The molecule has 0 bridgehead atoms. The van der Waals surface area contributed by atoms with Gasteiger partial charge in [0.15, 0.2) is 6.67 Å². The standard InChI is InChI=1S/C9H15F7N2O/c1-6(3-17,4-18)5-19-9(15,16)8(13,14)7(11,12)2-10/h2-5,17-18H2,1H3. The quantitative estimate of drug-likeness (QED) is 0.672. The molecule has 0 heterocycles. The smallest absolute Gasteiger partial charge is 0.330 e. The van der Waals surface area contributed by atoms with Crippen LogP contribution < -0.4 is 11.5 Å². The number of hydrogen-bond acceptors (Lipinski definition) is 3. The number of hydrogen-bond donors (Lipinski definition) is 2. The molecule has 0 aliphatic rings. The molecule has 0 aliphatic heterocycles. The summed E-state index contributed by atoms with van der Waals surface area (Å²) in [4.78, 5) is 0. The highest BCUT2D eigenvalue weighted by Crippen LogP contribution is 2.46. The Balaban J connectivity index is 4.99. The Bertz CT molecular complexity index is 294. The third kappa shape index (κ3) is 3.69. The molecule has 0 radical (unpaired) electrons. The van der Waals surface area contributed by atoms with Crippen molar-refractivity contribution in [2.24, 2.45) is 16.9 Å². The number of rotatable bonds is 8. The summed E-state index contributed by atoms with van der Waals surface area (Å²) in [5.41, 5.74) is 9.05. The molecule has 0 aromatic heterocycles. The van der Waals surface area contributed by atoms with E-state index in [1.807, 2.05) is 0 Å². The van der Waals surface area contributed by atoms with Crippen LogP contribution in [0.1, 0.15) is 6.92 Å². The van der Waals surface area contributed by atoms with E-state index in [9.17, 15) is 30.7 Å². The molecule has 0 rings (SSSR count). The number of ether oxygens (including phenoxy) is 1. The van der Waals surface area contributed by atoms with Gasteiger partial charge in [-0.3, -0.25) is 0 Å². The Hall–Kier alpha value is -0.610.